The van der Waals surface area contributed by atoms with Crippen molar-refractivity contribution in [3.05, 3.63) is 301 Å². The van der Waals surface area contributed by atoms with E-state index in [4.69, 9.17) is 0 Å². The van der Waals surface area contributed by atoms with E-state index >= 15 is 0 Å². The number of nitrogens with zero attached hydrogens (tertiary/aromatic N) is 2. The second kappa shape index (κ2) is 16.1. The van der Waals surface area contributed by atoms with Crippen LogP contribution in [0.3, 0.4) is 0 Å². The molecule has 348 valence electrons. The Hall–Kier alpha value is -9.76. The Morgan fingerprint density at radius 1 is 0.200 bits per heavy atom. The summed E-state index contributed by atoms with van der Waals surface area (Å²) in [7, 11) is 0. The van der Waals surface area contributed by atoms with Gasteiger partial charge in [-0.2, -0.15) is 0 Å². The summed E-state index contributed by atoms with van der Waals surface area (Å²) >= 11 is 0. The standard InChI is InChI=1S/C73H46N2/c1-3-17-54(18-4-1)74(57-34-38-62-50(41-57)29-27-47-15-7-9-21-60(47)62)56-33-31-49-45-68-67-37-32-52-43-59(75(55-19-5-2-6-20-55)58-35-39-63-51(42-58)30-28-48-16-8-10-22-61(48)63)36-40-64(52)72(67)73(71(68)46-53(49)44-56)69-25-13-11-23-65(69)66-24-12-14-26-70(66)73/h1-46H. The molecule has 0 saturated heterocycles. The van der Waals surface area contributed by atoms with Crippen molar-refractivity contribution in [1.29, 1.82) is 0 Å². The Morgan fingerprint density at radius 3 is 1.16 bits per heavy atom. The predicted molar refractivity (Wildman–Crippen MR) is 317 cm³/mol. The lowest BCUT2D eigenvalue weighted by Crippen LogP contribution is -2.26. The van der Waals surface area contributed by atoms with Crippen LogP contribution in [0.4, 0.5) is 34.1 Å². The van der Waals surface area contributed by atoms with Crippen molar-refractivity contribution in [2.24, 2.45) is 0 Å². The Labute approximate surface area is 435 Å². The Balaban J connectivity index is 0.892. The molecule has 2 aliphatic carbocycles. The van der Waals surface area contributed by atoms with Crippen LogP contribution in [0.2, 0.25) is 0 Å². The van der Waals surface area contributed by atoms with Crippen LogP contribution in [0.5, 0.6) is 0 Å². The molecule has 0 fully saturated rings. The number of para-hydroxylation sites is 2. The minimum atomic E-state index is -0.552. The highest BCUT2D eigenvalue weighted by atomic mass is 15.1. The molecule has 0 atom stereocenters. The zero-order valence-electron chi connectivity index (χ0n) is 41.0. The summed E-state index contributed by atoms with van der Waals surface area (Å²) in [5, 5.41) is 14.9. The van der Waals surface area contributed by atoms with E-state index in [-0.39, 0.29) is 0 Å². The van der Waals surface area contributed by atoms with Crippen LogP contribution in [0.1, 0.15) is 22.3 Å². The molecule has 0 saturated carbocycles. The summed E-state index contributed by atoms with van der Waals surface area (Å²) < 4.78 is 0. The molecule has 14 aromatic carbocycles. The van der Waals surface area contributed by atoms with E-state index in [1.165, 1.54) is 109 Å². The van der Waals surface area contributed by atoms with Gasteiger partial charge in [-0.25, -0.2) is 0 Å². The fraction of sp³-hybridized carbons (Fsp3) is 0.0137. The van der Waals surface area contributed by atoms with Gasteiger partial charge >= 0.3 is 0 Å². The summed E-state index contributed by atoms with van der Waals surface area (Å²) in [6.45, 7) is 0. The smallest absolute Gasteiger partial charge is 0.0731 e. The zero-order chi connectivity index (χ0) is 49.2. The van der Waals surface area contributed by atoms with Crippen molar-refractivity contribution in [2.75, 3.05) is 9.80 Å². The molecule has 1 spiro atoms. The van der Waals surface area contributed by atoms with E-state index in [0.717, 1.165) is 34.1 Å². The van der Waals surface area contributed by atoms with E-state index < -0.39 is 5.41 Å². The lowest BCUT2D eigenvalue weighted by molar-refractivity contribution is 0.802. The number of anilines is 6. The van der Waals surface area contributed by atoms with Crippen LogP contribution >= 0.6 is 0 Å². The average molecular weight is 951 g/mol. The number of rotatable bonds is 6. The van der Waals surface area contributed by atoms with Crippen molar-refractivity contribution in [2.45, 2.75) is 5.41 Å². The molecule has 14 aromatic rings. The maximum Gasteiger partial charge on any atom is 0.0731 e. The summed E-state index contributed by atoms with van der Waals surface area (Å²) in [6, 6.07) is 104. The summed E-state index contributed by atoms with van der Waals surface area (Å²) in [6.07, 6.45) is 0. The van der Waals surface area contributed by atoms with E-state index in [0.29, 0.717) is 0 Å². The lowest BCUT2D eigenvalue weighted by Gasteiger charge is -2.32. The van der Waals surface area contributed by atoms with Gasteiger partial charge in [-0.15, -0.1) is 0 Å². The molecule has 2 aliphatic rings. The third-order valence-corrected chi connectivity index (χ3v) is 16.5. The minimum absolute atomic E-state index is 0.552. The van der Waals surface area contributed by atoms with Gasteiger partial charge in [0.25, 0.3) is 0 Å². The van der Waals surface area contributed by atoms with E-state index in [1.807, 2.05) is 0 Å². The van der Waals surface area contributed by atoms with Crippen LogP contribution in [0.25, 0.3) is 86.9 Å². The number of benzene rings is 14. The summed E-state index contributed by atoms with van der Waals surface area (Å²) in [5.74, 6) is 0. The minimum Gasteiger partial charge on any atom is -0.310 e. The van der Waals surface area contributed by atoms with Gasteiger partial charge in [-0.3, -0.25) is 0 Å². The number of hydrogen-bond acceptors (Lipinski definition) is 2. The van der Waals surface area contributed by atoms with Gasteiger partial charge in [-0.1, -0.05) is 194 Å². The van der Waals surface area contributed by atoms with Gasteiger partial charge in [0.05, 0.1) is 5.41 Å². The summed E-state index contributed by atoms with van der Waals surface area (Å²) in [5.41, 5.74) is 16.7. The molecule has 0 N–H and O–H groups in total. The molecule has 75 heavy (non-hydrogen) atoms. The maximum atomic E-state index is 2.53. The Bertz CT molecular complexity index is 4620. The zero-order valence-corrected chi connectivity index (χ0v) is 41.0. The molecule has 16 rings (SSSR count). The lowest BCUT2D eigenvalue weighted by atomic mass is 9.69. The average Bonchev–Trinajstić information content (AvgIpc) is 4.16. The first-order valence-corrected chi connectivity index (χ1v) is 26.1. The maximum absolute atomic E-state index is 2.53. The first-order valence-electron chi connectivity index (χ1n) is 26.1. The van der Waals surface area contributed by atoms with Crippen LogP contribution < -0.4 is 9.80 Å². The van der Waals surface area contributed by atoms with Crippen LogP contribution in [0.15, 0.2) is 279 Å². The first-order chi connectivity index (χ1) is 37.2. The van der Waals surface area contributed by atoms with Crippen LogP contribution in [-0.2, 0) is 5.41 Å². The molecule has 0 aliphatic heterocycles. The largest absolute Gasteiger partial charge is 0.310 e. The quantitative estimate of drug-likeness (QED) is 0.153. The highest BCUT2D eigenvalue weighted by Gasteiger charge is 2.52. The van der Waals surface area contributed by atoms with Gasteiger partial charge in [0.2, 0.25) is 0 Å². The van der Waals surface area contributed by atoms with Crippen LogP contribution in [-0.4, -0.2) is 0 Å². The van der Waals surface area contributed by atoms with E-state index in [1.54, 1.807) is 0 Å². The van der Waals surface area contributed by atoms with Gasteiger partial charge in [0, 0.05) is 34.1 Å². The molecule has 0 aromatic heterocycles. The third kappa shape index (κ3) is 6.14. The van der Waals surface area contributed by atoms with Crippen molar-refractivity contribution >= 4 is 98.8 Å². The molecule has 2 heteroatoms. The predicted octanol–water partition coefficient (Wildman–Crippen LogP) is 19.9. The molecule has 0 heterocycles. The SMILES string of the molecule is c1ccc(N(c2ccc3cc4c(cc3c2)C2(c3ccccc3-c3ccccc32)c2c-4ccc3cc(N(c4ccccc4)c4ccc5c(ccc6ccccc65)c4)ccc23)c2ccc3c(ccc4ccccc43)c2)cc1. The van der Waals surface area contributed by atoms with E-state index in [9.17, 15) is 0 Å². The second-order valence-corrected chi connectivity index (χ2v) is 20.4. The molecular weight excluding hydrogens is 905 g/mol. The van der Waals surface area contributed by atoms with Crippen LogP contribution in [0, 0.1) is 0 Å². The Kier molecular flexibility index (Phi) is 8.99. The molecule has 0 radical (unpaired) electrons. The highest BCUT2D eigenvalue weighted by Crippen LogP contribution is 2.65. The van der Waals surface area contributed by atoms with Crippen molar-refractivity contribution in [3.8, 4) is 22.3 Å². The third-order valence-electron chi connectivity index (χ3n) is 16.5. The number of hydrogen-bond donors (Lipinski definition) is 0. The molecule has 0 bridgehead atoms. The Morgan fingerprint density at radius 2 is 0.600 bits per heavy atom. The summed E-state index contributed by atoms with van der Waals surface area (Å²) in [4.78, 5) is 4.82. The monoisotopic (exact) mass is 950 g/mol. The topological polar surface area (TPSA) is 6.48 Å². The van der Waals surface area contributed by atoms with Gasteiger partial charge in [-0.05, 0) is 194 Å². The molecule has 0 unspecified atom stereocenters. The molecule has 2 nitrogen and oxygen atoms in total. The fourth-order valence-electron chi connectivity index (χ4n) is 13.3. The van der Waals surface area contributed by atoms with E-state index in [2.05, 4.69) is 289 Å². The fourth-order valence-corrected chi connectivity index (χ4v) is 13.3. The molecule has 0 amide bonds. The normalized spacial score (nSPS) is 12.9. The van der Waals surface area contributed by atoms with Gasteiger partial charge in [0.1, 0.15) is 0 Å². The first kappa shape index (κ1) is 41.8. The van der Waals surface area contributed by atoms with Crippen molar-refractivity contribution in [1.82, 2.24) is 0 Å². The number of fused-ring (bicyclic) bond motifs is 19. The van der Waals surface area contributed by atoms with Gasteiger partial charge < -0.3 is 9.80 Å². The second-order valence-electron chi connectivity index (χ2n) is 20.4. The van der Waals surface area contributed by atoms with Crippen molar-refractivity contribution < 1.29 is 0 Å². The van der Waals surface area contributed by atoms with Gasteiger partial charge in [0.15, 0.2) is 0 Å². The highest BCUT2D eigenvalue weighted by molar-refractivity contribution is 6.11. The van der Waals surface area contributed by atoms with Crippen molar-refractivity contribution in [3.63, 3.8) is 0 Å². The molecular formula is C73H46N2.